The fraction of sp³-hybridized carbons (Fsp3) is 0.350. The number of benzene rings is 2. The Hall–Kier alpha value is -2.09. The summed E-state index contributed by atoms with van der Waals surface area (Å²) in [6, 6.07) is 12.5. The second kappa shape index (κ2) is 5.28. The van der Waals surface area contributed by atoms with Crippen molar-refractivity contribution in [2.45, 2.75) is 27.2 Å². The van der Waals surface area contributed by atoms with Gasteiger partial charge in [0, 0.05) is 11.3 Å². The van der Waals surface area contributed by atoms with Gasteiger partial charge in [-0.1, -0.05) is 31.2 Å². The predicted octanol–water partition coefficient (Wildman–Crippen LogP) is 4.87. The van der Waals surface area contributed by atoms with Crippen LogP contribution in [0.5, 0.6) is 5.75 Å². The summed E-state index contributed by atoms with van der Waals surface area (Å²) in [4.78, 5) is 12.5. The van der Waals surface area contributed by atoms with Crippen molar-refractivity contribution >= 4 is 22.1 Å². The van der Waals surface area contributed by atoms with Crippen LogP contribution in [0.2, 0.25) is 0 Å². The van der Waals surface area contributed by atoms with Crippen LogP contribution in [-0.2, 0) is 4.79 Å². The maximum Gasteiger partial charge on any atom is 0.145 e. The lowest BCUT2D eigenvalue weighted by Crippen LogP contribution is -2.33. The quantitative estimate of drug-likeness (QED) is 0.790. The molecule has 0 aliphatic heterocycles. The number of hydrogen-bond acceptors (Lipinski definition) is 2. The number of allylic oxidation sites excluding steroid dienone is 2. The molecule has 3 rings (SSSR count). The molecule has 0 aromatic heterocycles. The topological polar surface area (TPSA) is 26.3 Å². The summed E-state index contributed by atoms with van der Waals surface area (Å²) in [5.41, 5.74) is 1.87. The summed E-state index contributed by atoms with van der Waals surface area (Å²) >= 11 is 0. The van der Waals surface area contributed by atoms with Crippen molar-refractivity contribution in [1.82, 2.24) is 0 Å². The standard InChI is InChI=1S/C20H22O2/c1-13-5-10-18(20(2,3)19(13)21)16-7-6-15-12-17(22-4)9-8-14(15)11-16/h6-13H,5H2,1-4H3/t13-/m1/s1. The predicted molar refractivity (Wildman–Crippen MR) is 91.0 cm³/mol. The third kappa shape index (κ3) is 2.33. The molecule has 1 atom stereocenters. The van der Waals surface area contributed by atoms with Crippen LogP contribution in [0.25, 0.3) is 16.3 Å². The zero-order chi connectivity index (χ0) is 15.9. The Morgan fingerprint density at radius 1 is 1.09 bits per heavy atom. The first kappa shape index (κ1) is 14.8. The lowest BCUT2D eigenvalue weighted by molar-refractivity contribution is -0.128. The van der Waals surface area contributed by atoms with Crippen LogP contribution in [-0.4, -0.2) is 12.9 Å². The highest BCUT2D eigenvalue weighted by atomic mass is 16.5. The van der Waals surface area contributed by atoms with Crippen molar-refractivity contribution in [1.29, 1.82) is 0 Å². The molecule has 2 aromatic rings. The molecule has 0 saturated carbocycles. The third-order valence-corrected chi connectivity index (χ3v) is 4.77. The number of ether oxygens (including phenoxy) is 1. The van der Waals surface area contributed by atoms with Gasteiger partial charge >= 0.3 is 0 Å². The van der Waals surface area contributed by atoms with Crippen molar-refractivity contribution < 1.29 is 9.53 Å². The molecular weight excluding hydrogens is 272 g/mol. The van der Waals surface area contributed by atoms with Gasteiger partial charge in [-0.2, -0.15) is 0 Å². The highest BCUT2D eigenvalue weighted by Crippen LogP contribution is 2.42. The lowest BCUT2D eigenvalue weighted by Gasteiger charge is -2.34. The average molecular weight is 294 g/mol. The third-order valence-electron chi connectivity index (χ3n) is 4.77. The summed E-state index contributed by atoms with van der Waals surface area (Å²) in [6.45, 7) is 6.09. The molecule has 0 N–H and O–H groups in total. The Labute approximate surface area is 131 Å². The van der Waals surface area contributed by atoms with Crippen molar-refractivity contribution in [2.75, 3.05) is 7.11 Å². The second-order valence-electron chi connectivity index (χ2n) is 6.67. The largest absolute Gasteiger partial charge is 0.497 e. The maximum absolute atomic E-state index is 12.5. The molecule has 0 saturated heterocycles. The van der Waals surface area contributed by atoms with Gasteiger partial charge in [-0.25, -0.2) is 0 Å². The number of carbonyl (C=O) groups is 1. The monoisotopic (exact) mass is 294 g/mol. The van der Waals surface area contributed by atoms with Crippen LogP contribution in [0.3, 0.4) is 0 Å². The van der Waals surface area contributed by atoms with Gasteiger partial charge in [-0.3, -0.25) is 4.79 Å². The first-order chi connectivity index (χ1) is 10.4. The van der Waals surface area contributed by atoms with E-state index < -0.39 is 5.41 Å². The van der Waals surface area contributed by atoms with Gasteiger partial charge in [0.15, 0.2) is 0 Å². The van der Waals surface area contributed by atoms with E-state index >= 15 is 0 Å². The van der Waals surface area contributed by atoms with Gasteiger partial charge in [0.2, 0.25) is 0 Å². The van der Waals surface area contributed by atoms with Gasteiger partial charge < -0.3 is 4.74 Å². The summed E-state index contributed by atoms with van der Waals surface area (Å²) in [5.74, 6) is 1.31. The maximum atomic E-state index is 12.5. The number of Topliss-reactive ketones (excluding diaryl/α,β-unsaturated/α-hetero) is 1. The molecule has 0 radical (unpaired) electrons. The number of methoxy groups -OCH3 is 1. The van der Waals surface area contributed by atoms with Crippen LogP contribution in [0.15, 0.2) is 42.5 Å². The number of ketones is 1. The number of hydrogen-bond donors (Lipinski definition) is 0. The molecule has 1 aliphatic carbocycles. The molecule has 114 valence electrons. The molecular formula is C20H22O2. The molecule has 0 bridgehead atoms. The molecule has 2 heteroatoms. The van der Waals surface area contributed by atoms with Crippen LogP contribution >= 0.6 is 0 Å². The Balaban J connectivity index is 2.08. The normalized spacial score (nSPS) is 20.8. The van der Waals surface area contributed by atoms with Crippen LogP contribution in [0.1, 0.15) is 32.8 Å². The number of carbonyl (C=O) groups excluding carboxylic acids is 1. The van der Waals surface area contributed by atoms with Crippen molar-refractivity contribution in [3.63, 3.8) is 0 Å². The minimum Gasteiger partial charge on any atom is -0.497 e. The molecule has 2 nitrogen and oxygen atoms in total. The number of rotatable bonds is 2. The fourth-order valence-corrected chi connectivity index (χ4v) is 3.40. The van der Waals surface area contributed by atoms with E-state index in [1.54, 1.807) is 7.11 Å². The number of fused-ring (bicyclic) bond motifs is 1. The van der Waals surface area contributed by atoms with E-state index in [1.165, 1.54) is 5.39 Å². The van der Waals surface area contributed by atoms with Crippen LogP contribution in [0, 0.1) is 11.3 Å². The van der Waals surface area contributed by atoms with Gasteiger partial charge in [-0.15, -0.1) is 0 Å². The average Bonchev–Trinajstić information content (AvgIpc) is 2.52. The van der Waals surface area contributed by atoms with Crippen LogP contribution < -0.4 is 4.74 Å². The van der Waals surface area contributed by atoms with E-state index in [2.05, 4.69) is 30.3 Å². The van der Waals surface area contributed by atoms with Crippen molar-refractivity contribution in [3.05, 3.63) is 48.0 Å². The van der Waals surface area contributed by atoms with Crippen LogP contribution in [0.4, 0.5) is 0 Å². The summed E-state index contributed by atoms with van der Waals surface area (Å²) in [7, 11) is 1.68. The molecule has 22 heavy (non-hydrogen) atoms. The Kier molecular flexibility index (Phi) is 3.56. The van der Waals surface area contributed by atoms with Gasteiger partial charge in [0.1, 0.15) is 11.5 Å². The SMILES string of the molecule is COc1ccc2cc(C3=CC[C@@H](C)C(=O)C3(C)C)ccc2c1. The molecule has 0 amide bonds. The highest BCUT2D eigenvalue weighted by molar-refractivity contribution is 6.01. The zero-order valence-corrected chi connectivity index (χ0v) is 13.6. The summed E-state index contributed by atoms with van der Waals surface area (Å²) < 4.78 is 5.27. The minimum atomic E-state index is -0.419. The van der Waals surface area contributed by atoms with Gasteiger partial charge in [-0.05, 0) is 60.4 Å². The first-order valence-electron chi connectivity index (χ1n) is 7.76. The van der Waals surface area contributed by atoms with Gasteiger partial charge in [0.25, 0.3) is 0 Å². The summed E-state index contributed by atoms with van der Waals surface area (Å²) in [6.07, 6.45) is 3.06. The van der Waals surface area contributed by atoms with E-state index in [4.69, 9.17) is 4.74 Å². The van der Waals surface area contributed by atoms with E-state index in [0.29, 0.717) is 5.78 Å². The Morgan fingerprint density at radius 2 is 1.77 bits per heavy atom. The van der Waals surface area contributed by atoms with Crippen molar-refractivity contribution in [2.24, 2.45) is 11.3 Å². The molecule has 1 aliphatic rings. The molecule has 0 fully saturated rings. The Morgan fingerprint density at radius 3 is 2.50 bits per heavy atom. The van der Waals surface area contributed by atoms with E-state index in [9.17, 15) is 4.79 Å². The second-order valence-corrected chi connectivity index (χ2v) is 6.67. The molecule has 2 aromatic carbocycles. The summed E-state index contributed by atoms with van der Waals surface area (Å²) in [5, 5.41) is 2.32. The van der Waals surface area contributed by atoms with Crippen molar-refractivity contribution in [3.8, 4) is 5.75 Å². The lowest BCUT2D eigenvalue weighted by atomic mass is 9.68. The minimum absolute atomic E-state index is 0.114. The van der Waals surface area contributed by atoms with E-state index in [0.717, 1.165) is 28.7 Å². The smallest absolute Gasteiger partial charge is 0.145 e. The Bertz CT molecular complexity index is 768. The first-order valence-corrected chi connectivity index (χ1v) is 7.76. The van der Waals surface area contributed by atoms with E-state index in [1.807, 2.05) is 32.9 Å². The van der Waals surface area contributed by atoms with E-state index in [-0.39, 0.29) is 5.92 Å². The fourth-order valence-electron chi connectivity index (χ4n) is 3.40. The molecule has 0 unspecified atom stereocenters. The zero-order valence-electron chi connectivity index (χ0n) is 13.6. The van der Waals surface area contributed by atoms with Gasteiger partial charge in [0.05, 0.1) is 7.11 Å². The molecule has 0 heterocycles. The highest BCUT2D eigenvalue weighted by Gasteiger charge is 2.38. The molecule has 0 spiro atoms.